The van der Waals surface area contributed by atoms with Gasteiger partial charge in [0.25, 0.3) is 0 Å². The smallest absolute Gasteiger partial charge is 0.0113 e. The standard InChI is InChI=1S/C17H35N3/c1-16(2)6-5-9-18-10-11-19-12-14-20(15-13-19)17-7-3-4-8-17/h16-18H,3-15H2,1-2H3. The zero-order chi connectivity index (χ0) is 14.2. The van der Waals surface area contributed by atoms with Crippen LogP contribution in [0.15, 0.2) is 0 Å². The summed E-state index contributed by atoms with van der Waals surface area (Å²) in [4.78, 5) is 5.39. The predicted molar refractivity (Wildman–Crippen MR) is 87.2 cm³/mol. The second-order valence-corrected chi connectivity index (χ2v) is 7.10. The number of nitrogens with zero attached hydrogens (tertiary/aromatic N) is 2. The van der Waals surface area contributed by atoms with E-state index in [0.29, 0.717) is 0 Å². The van der Waals surface area contributed by atoms with Gasteiger partial charge in [0.05, 0.1) is 0 Å². The lowest BCUT2D eigenvalue weighted by molar-refractivity contribution is 0.0984. The Morgan fingerprint density at radius 3 is 2.35 bits per heavy atom. The first-order valence-corrected chi connectivity index (χ1v) is 8.93. The third-order valence-corrected chi connectivity index (χ3v) is 4.99. The van der Waals surface area contributed by atoms with Crippen molar-refractivity contribution in [2.24, 2.45) is 5.92 Å². The fraction of sp³-hybridized carbons (Fsp3) is 1.00. The molecule has 0 spiro atoms. The summed E-state index contributed by atoms with van der Waals surface area (Å²) in [5, 5.41) is 3.60. The Labute approximate surface area is 126 Å². The van der Waals surface area contributed by atoms with Gasteiger partial charge in [0.2, 0.25) is 0 Å². The van der Waals surface area contributed by atoms with Gasteiger partial charge < -0.3 is 5.32 Å². The van der Waals surface area contributed by atoms with Crippen molar-refractivity contribution >= 4 is 0 Å². The molecule has 0 amide bonds. The molecule has 0 atom stereocenters. The van der Waals surface area contributed by atoms with Crippen molar-refractivity contribution in [1.82, 2.24) is 15.1 Å². The summed E-state index contributed by atoms with van der Waals surface area (Å²) in [6, 6.07) is 0.923. The Hall–Kier alpha value is -0.120. The molecule has 2 rings (SSSR count). The second-order valence-electron chi connectivity index (χ2n) is 7.10. The monoisotopic (exact) mass is 281 g/mol. The van der Waals surface area contributed by atoms with Crippen LogP contribution in [-0.4, -0.2) is 61.7 Å². The van der Waals surface area contributed by atoms with Crippen molar-refractivity contribution in [2.75, 3.05) is 45.8 Å². The number of rotatable bonds is 8. The summed E-state index contributed by atoms with van der Waals surface area (Å²) in [6.07, 6.45) is 8.52. The lowest BCUT2D eigenvalue weighted by atomic mass is 10.1. The maximum absolute atomic E-state index is 3.60. The van der Waals surface area contributed by atoms with Gasteiger partial charge in [-0.2, -0.15) is 0 Å². The lowest BCUT2D eigenvalue weighted by Gasteiger charge is -2.38. The Morgan fingerprint density at radius 1 is 1.00 bits per heavy atom. The van der Waals surface area contributed by atoms with Crippen molar-refractivity contribution in [3.8, 4) is 0 Å². The molecule has 3 heteroatoms. The minimum Gasteiger partial charge on any atom is -0.315 e. The molecule has 1 saturated carbocycles. The van der Waals surface area contributed by atoms with Crippen LogP contribution in [0.25, 0.3) is 0 Å². The number of nitrogens with one attached hydrogen (secondary N) is 1. The van der Waals surface area contributed by atoms with Crippen LogP contribution in [0.1, 0.15) is 52.4 Å². The van der Waals surface area contributed by atoms with E-state index in [2.05, 4.69) is 29.0 Å². The van der Waals surface area contributed by atoms with Crippen LogP contribution in [0.4, 0.5) is 0 Å². The largest absolute Gasteiger partial charge is 0.315 e. The maximum atomic E-state index is 3.60. The van der Waals surface area contributed by atoms with Gasteiger partial charge in [-0.3, -0.25) is 9.80 Å². The van der Waals surface area contributed by atoms with E-state index in [9.17, 15) is 0 Å². The van der Waals surface area contributed by atoms with Crippen LogP contribution in [0, 0.1) is 5.92 Å². The van der Waals surface area contributed by atoms with Gasteiger partial charge in [-0.15, -0.1) is 0 Å². The summed E-state index contributed by atoms with van der Waals surface area (Å²) in [5.74, 6) is 0.848. The molecule has 0 aromatic carbocycles. The highest BCUT2D eigenvalue weighted by atomic mass is 15.3. The zero-order valence-electron chi connectivity index (χ0n) is 13.7. The Kier molecular flexibility index (Phi) is 7.32. The lowest BCUT2D eigenvalue weighted by Crippen LogP contribution is -2.50. The third-order valence-electron chi connectivity index (χ3n) is 4.99. The molecule has 0 aromatic rings. The maximum Gasteiger partial charge on any atom is 0.0113 e. The first kappa shape index (κ1) is 16.3. The predicted octanol–water partition coefficient (Wildman–Crippen LogP) is 2.57. The van der Waals surface area contributed by atoms with Crippen molar-refractivity contribution < 1.29 is 0 Å². The summed E-state index contributed by atoms with van der Waals surface area (Å²) in [6.45, 7) is 13.4. The van der Waals surface area contributed by atoms with Gasteiger partial charge in [-0.25, -0.2) is 0 Å². The van der Waals surface area contributed by atoms with Gasteiger partial charge in [-0.05, 0) is 38.1 Å². The van der Waals surface area contributed by atoms with E-state index in [4.69, 9.17) is 0 Å². The van der Waals surface area contributed by atoms with Gasteiger partial charge in [0.1, 0.15) is 0 Å². The van der Waals surface area contributed by atoms with E-state index >= 15 is 0 Å². The number of hydrogen-bond donors (Lipinski definition) is 1. The van der Waals surface area contributed by atoms with E-state index in [-0.39, 0.29) is 0 Å². The highest BCUT2D eigenvalue weighted by Crippen LogP contribution is 2.24. The van der Waals surface area contributed by atoms with Crippen LogP contribution >= 0.6 is 0 Å². The topological polar surface area (TPSA) is 18.5 Å². The van der Waals surface area contributed by atoms with Crippen molar-refractivity contribution in [3.05, 3.63) is 0 Å². The number of piperazine rings is 1. The SMILES string of the molecule is CC(C)CCCNCCN1CCN(C2CCCC2)CC1. The van der Waals surface area contributed by atoms with Gasteiger partial charge in [0, 0.05) is 45.3 Å². The normalized spacial score (nSPS) is 22.9. The summed E-state index contributed by atoms with van der Waals surface area (Å²) in [7, 11) is 0. The molecule has 118 valence electrons. The third kappa shape index (κ3) is 5.71. The van der Waals surface area contributed by atoms with E-state index in [0.717, 1.165) is 12.0 Å². The van der Waals surface area contributed by atoms with E-state index < -0.39 is 0 Å². The molecule has 1 N–H and O–H groups in total. The van der Waals surface area contributed by atoms with Crippen LogP contribution in [0.3, 0.4) is 0 Å². The Balaban J connectivity index is 1.47. The molecule has 1 aliphatic carbocycles. The molecule has 1 heterocycles. The zero-order valence-corrected chi connectivity index (χ0v) is 13.7. The van der Waals surface area contributed by atoms with Gasteiger partial charge in [0.15, 0.2) is 0 Å². The van der Waals surface area contributed by atoms with Crippen LogP contribution in [-0.2, 0) is 0 Å². The average Bonchev–Trinajstić information content (AvgIpc) is 2.97. The molecule has 2 fully saturated rings. The quantitative estimate of drug-likeness (QED) is 0.690. The first-order chi connectivity index (χ1) is 9.75. The summed E-state index contributed by atoms with van der Waals surface area (Å²) in [5.41, 5.74) is 0. The fourth-order valence-electron chi connectivity index (χ4n) is 3.62. The molecule has 0 radical (unpaired) electrons. The second kappa shape index (κ2) is 9.01. The molecular weight excluding hydrogens is 246 g/mol. The van der Waals surface area contributed by atoms with Crippen molar-refractivity contribution in [2.45, 2.75) is 58.4 Å². The van der Waals surface area contributed by atoms with Gasteiger partial charge >= 0.3 is 0 Å². The van der Waals surface area contributed by atoms with E-state index in [1.807, 2.05) is 0 Å². The molecule has 0 aromatic heterocycles. The molecule has 1 aliphatic heterocycles. The van der Waals surface area contributed by atoms with Crippen LogP contribution in [0.5, 0.6) is 0 Å². The molecule has 1 saturated heterocycles. The van der Waals surface area contributed by atoms with E-state index in [1.54, 1.807) is 0 Å². The first-order valence-electron chi connectivity index (χ1n) is 8.93. The van der Waals surface area contributed by atoms with Gasteiger partial charge in [-0.1, -0.05) is 26.7 Å². The Morgan fingerprint density at radius 2 is 1.70 bits per heavy atom. The molecule has 2 aliphatic rings. The summed E-state index contributed by atoms with van der Waals surface area (Å²) < 4.78 is 0. The molecule has 0 unspecified atom stereocenters. The van der Waals surface area contributed by atoms with Crippen molar-refractivity contribution in [3.63, 3.8) is 0 Å². The van der Waals surface area contributed by atoms with E-state index in [1.165, 1.54) is 84.3 Å². The minimum atomic E-state index is 0.848. The number of hydrogen-bond acceptors (Lipinski definition) is 3. The fourth-order valence-corrected chi connectivity index (χ4v) is 3.62. The summed E-state index contributed by atoms with van der Waals surface area (Å²) >= 11 is 0. The van der Waals surface area contributed by atoms with Crippen LogP contribution in [0.2, 0.25) is 0 Å². The highest BCUT2D eigenvalue weighted by Gasteiger charge is 2.25. The van der Waals surface area contributed by atoms with Crippen molar-refractivity contribution in [1.29, 1.82) is 0 Å². The molecular formula is C17H35N3. The molecule has 20 heavy (non-hydrogen) atoms. The van der Waals surface area contributed by atoms with Crippen LogP contribution < -0.4 is 5.32 Å². The molecule has 0 bridgehead atoms. The Bertz CT molecular complexity index is 241. The average molecular weight is 281 g/mol. The molecule has 3 nitrogen and oxygen atoms in total. The minimum absolute atomic E-state index is 0.848. The highest BCUT2D eigenvalue weighted by molar-refractivity contribution is 4.82.